The van der Waals surface area contributed by atoms with Gasteiger partial charge in [0, 0.05) is 19.5 Å². The Morgan fingerprint density at radius 3 is 2.52 bits per heavy atom. The first-order valence-electron chi connectivity index (χ1n) is 10.9. The van der Waals surface area contributed by atoms with Crippen molar-refractivity contribution in [1.29, 1.82) is 0 Å². The van der Waals surface area contributed by atoms with Gasteiger partial charge in [0.15, 0.2) is 11.5 Å². The quantitative estimate of drug-likeness (QED) is 0.601. The number of carbonyl (C=O) groups is 3. The monoisotopic (exact) mass is 432 g/mol. The van der Waals surface area contributed by atoms with Crippen molar-refractivity contribution < 1.29 is 28.6 Å². The summed E-state index contributed by atoms with van der Waals surface area (Å²) in [7, 11) is 3.17. The Morgan fingerprint density at radius 1 is 1.16 bits per heavy atom. The fourth-order valence-electron chi connectivity index (χ4n) is 4.43. The molecular weight excluding hydrogens is 400 g/mol. The number of ether oxygens (including phenoxy) is 3. The van der Waals surface area contributed by atoms with Crippen LogP contribution in [0.5, 0.6) is 11.5 Å². The van der Waals surface area contributed by atoms with Crippen molar-refractivity contribution in [1.82, 2.24) is 10.2 Å². The molecule has 0 spiro atoms. The summed E-state index contributed by atoms with van der Waals surface area (Å²) >= 11 is 0. The van der Waals surface area contributed by atoms with Gasteiger partial charge in [0.1, 0.15) is 5.54 Å². The van der Waals surface area contributed by atoms with Gasteiger partial charge < -0.3 is 24.4 Å². The number of hydrogen-bond donors (Lipinski definition) is 1. The van der Waals surface area contributed by atoms with Gasteiger partial charge in [0.05, 0.1) is 26.7 Å². The fourth-order valence-corrected chi connectivity index (χ4v) is 4.43. The highest BCUT2D eigenvalue weighted by molar-refractivity contribution is 5.93. The molecule has 31 heavy (non-hydrogen) atoms. The van der Waals surface area contributed by atoms with Crippen molar-refractivity contribution in [2.45, 2.75) is 51.0 Å². The topological polar surface area (TPSA) is 94.2 Å². The summed E-state index contributed by atoms with van der Waals surface area (Å²) in [6.45, 7) is 2.91. The summed E-state index contributed by atoms with van der Waals surface area (Å²) < 4.78 is 15.8. The molecule has 8 nitrogen and oxygen atoms in total. The maximum Gasteiger partial charge on any atom is 0.331 e. The number of nitrogens with one attached hydrogen (secondary N) is 1. The zero-order chi connectivity index (χ0) is 22.4. The number of rotatable bonds is 9. The van der Waals surface area contributed by atoms with E-state index in [0.29, 0.717) is 43.9 Å². The van der Waals surface area contributed by atoms with Crippen molar-refractivity contribution in [3.8, 4) is 11.5 Å². The molecule has 1 aliphatic carbocycles. The molecule has 1 aromatic carbocycles. The fraction of sp³-hybridized carbons (Fsp3) is 0.609. The summed E-state index contributed by atoms with van der Waals surface area (Å²) in [6, 6.07) is 5.68. The van der Waals surface area contributed by atoms with Crippen LogP contribution in [0, 0.1) is 5.92 Å². The molecule has 1 N–H and O–H groups in total. The Hall–Kier alpha value is -2.77. The molecular formula is C23H32N2O6. The first-order valence-corrected chi connectivity index (χ1v) is 10.9. The molecule has 1 heterocycles. The van der Waals surface area contributed by atoms with Crippen LogP contribution in [0.1, 0.15) is 44.6 Å². The average Bonchev–Trinajstić information content (AvgIpc) is 3.39. The molecule has 1 aromatic rings. The van der Waals surface area contributed by atoms with Crippen LogP contribution < -0.4 is 14.8 Å². The molecule has 2 amide bonds. The largest absolute Gasteiger partial charge is 0.493 e. The van der Waals surface area contributed by atoms with E-state index in [4.69, 9.17) is 14.2 Å². The Labute approximate surface area is 183 Å². The van der Waals surface area contributed by atoms with Crippen LogP contribution in [0.2, 0.25) is 0 Å². The summed E-state index contributed by atoms with van der Waals surface area (Å²) in [6.07, 6.45) is 3.73. The number of nitrogens with zero attached hydrogens (tertiary/aromatic N) is 1. The molecule has 0 aromatic heterocycles. The van der Waals surface area contributed by atoms with Gasteiger partial charge in [-0.3, -0.25) is 9.59 Å². The third-order valence-corrected chi connectivity index (χ3v) is 6.19. The Morgan fingerprint density at radius 2 is 1.87 bits per heavy atom. The molecule has 1 aliphatic heterocycles. The van der Waals surface area contributed by atoms with Gasteiger partial charge in [-0.2, -0.15) is 0 Å². The van der Waals surface area contributed by atoms with Crippen molar-refractivity contribution in [2.75, 3.05) is 33.9 Å². The van der Waals surface area contributed by atoms with E-state index in [-0.39, 0.29) is 30.8 Å². The lowest BCUT2D eigenvalue weighted by atomic mass is 9.95. The number of likely N-dealkylation sites (tertiary alicyclic amines) is 1. The van der Waals surface area contributed by atoms with E-state index >= 15 is 0 Å². The van der Waals surface area contributed by atoms with Crippen LogP contribution in [-0.4, -0.2) is 62.1 Å². The highest BCUT2D eigenvalue weighted by Gasteiger charge is 2.46. The lowest BCUT2D eigenvalue weighted by Gasteiger charge is -2.29. The molecule has 3 rings (SSSR count). The van der Waals surface area contributed by atoms with Gasteiger partial charge in [-0.05, 0) is 43.9 Å². The van der Waals surface area contributed by atoms with Crippen LogP contribution >= 0.6 is 0 Å². The van der Waals surface area contributed by atoms with Gasteiger partial charge in [-0.1, -0.05) is 18.9 Å². The molecule has 2 fully saturated rings. The highest BCUT2D eigenvalue weighted by atomic mass is 16.5. The van der Waals surface area contributed by atoms with E-state index in [1.165, 1.54) is 0 Å². The molecule has 1 unspecified atom stereocenters. The van der Waals surface area contributed by atoms with Gasteiger partial charge in [-0.25, -0.2) is 4.79 Å². The first kappa shape index (κ1) is 22.9. The summed E-state index contributed by atoms with van der Waals surface area (Å²) in [5.74, 6) is 0.197. The SMILES string of the molecule is CCOC(=O)C1(NC(=O)C2CC(=O)N(CCc3ccc(OC)c(OC)c3)C2)CCCC1. The maximum atomic E-state index is 12.9. The Kier molecular flexibility index (Phi) is 7.41. The number of methoxy groups -OCH3 is 2. The van der Waals surface area contributed by atoms with Gasteiger partial charge in [0.2, 0.25) is 11.8 Å². The zero-order valence-electron chi connectivity index (χ0n) is 18.6. The lowest BCUT2D eigenvalue weighted by Crippen LogP contribution is -2.55. The molecule has 0 bridgehead atoms. The molecule has 1 atom stereocenters. The molecule has 1 saturated carbocycles. The van der Waals surface area contributed by atoms with Crippen molar-refractivity contribution in [2.24, 2.45) is 5.92 Å². The number of benzene rings is 1. The third kappa shape index (κ3) is 5.11. The normalized spacial score (nSPS) is 19.9. The molecule has 2 aliphatic rings. The summed E-state index contributed by atoms with van der Waals surface area (Å²) in [5.41, 5.74) is 0.0778. The predicted molar refractivity (Wildman–Crippen MR) is 114 cm³/mol. The number of esters is 1. The maximum absolute atomic E-state index is 12.9. The van der Waals surface area contributed by atoms with Crippen molar-refractivity contribution >= 4 is 17.8 Å². The predicted octanol–water partition coefficient (Wildman–Crippen LogP) is 2.09. The minimum absolute atomic E-state index is 0.0442. The number of hydrogen-bond acceptors (Lipinski definition) is 6. The smallest absolute Gasteiger partial charge is 0.331 e. The number of amides is 2. The van der Waals surface area contributed by atoms with Gasteiger partial charge >= 0.3 is 5.97 Å². The summed E-state index contributed by atoms with van der Waals surface area (Å²) in [4.78, 5) is 39.6. The molecule has 8 heteroatoms. The first-order chi connectivity index (χ1) is 14.9. The highest BCUT2D eigenvalue weighted by Crippen LogP contribution is 2.32. The van der Waals surface area contributed by atoms with E-state index in [1.54, 1.807) is 26.0 Å². The van der Waals surface area contributed by atoms with Crippen LogP contribution in [0.4, 0.5) is 0 Å². The van der Waals surface area contributed by atoms with E-state index in [0.717, 1.165) is 18.4 Å². The van der Waals surface area contributed by atoms with Crippen LogP contribution in [0.25, 0.3) is 0 Å². The minimum atomic E-state index is -0.941. The Balaban J connectivity index is 1.58. The van der Waals surface area contributed by atoms with Gasteiger partial charge in [0.25, 0.3) is 0 Å². The third-order valence-electron chi connectivity index (χ3n) is 6.19. The molecule has 0 radical (unpaired) electrons. The lowest BCUT2D eigenvalue weighted by molar-refractivity contribution is -0.153. The van der Waals surface area contributed by atoms with Crippen LogP contribution in [0.15, 0.2) is 18.2 Å². The van der Waals surface area contributed by atoms with E-state index in [1.807, 2.05) is 18.2 Å². The van der Waals surface area contributed by atoms with Gasteiger partial charge in [-0.15, -0.1) is 0 Å². The second-order valence-corrected chi connectivity index (χ2v) is 8.18. The number of carbonyl (C=O) groups excluding carboxylic acids is 3. The second-order valence-electron chi connectivity index (χ2n) is 8.18. The summed E-state index contributed by atoms with van der Waals surface area (Å²) in [5, 5.41) is 2.94. The second kappa shape index (κ2) is 10.0. The van der Waals surface area contributed by atoms with Crippen molar-refractivity contribution in [3.05, 3.63) is 23.8 Å². The Bertz CT molecular complexity index is 818. The molecule has 170 valence electrons. The standard InChI is InChI=1S/C23H32N2O6/c1-4-31-22(28)23(10-5-6-11-23)24-21(27)17-14-20(26)25(15-17)12-9-16-7-8-18(29-2)19(13-16)30-3/h7-8,13,17H,4-6,9-12,14-15H2,1-3H3,(H,24,27). The zero-order valence-corrected chi connectivity index (χ0v) is 18.6. The molecule has 1 saturated heterocycles. The van der Waals surface area contributed by atoms with Crippen LogP contribution in [0.3, 0.4) is 0 Å². The van der Waals surface area contributed by atoms with Crippen molar-refractivity contribution in [3.63, 3.8) is 0 Å². The van der Waals surface area contributed by atoms with E-state index < -0.39 is 11.5 Å². The van der Waals surface area contributed by atoms with E-state index in [2.05, 4.69) is 5.32 Å². The van der Waals surface area contributed by atoms with Crippen LogP contribution in [-0.2, 0) is 25.5 Å². The van der Waals surface area contributed by atoms with E-state index in [9.17, 15) is 14.4 Å². The average molecular weight is 433 g/mol. The minimum Gasteiger partial charge on any atom is -0.493 e.